The van der Waals surface area contributed by atoms with Crippen molar-refractivity contribution in [1.29, 1.82) is 0 Å². The topological polar surface area (TPSA) is 96.3 Å². The number of hydrogen-bond donors (Lipinski definition) is 3. The van der Waals surface area contributed by atoms with Crippen LogP contribution in [0.4, 0.5) is 5.69 Å². The van der Waals surface area contributed by atoms with Gasteiger partial charge in [-0.15, -0.1) is 0 Å². The fourth-order valence-corrected chi connectivity index (χ4v) is 1.92. The molecule has 0 heterocycles. The van der Waals surface area contributed by atoms with Crippen LogP contribution < -0.4 is 16.2 Å². The molecule has 0 atom stereocenters. The number of nitro groups is 1. The Morgan fingerprint density at radius 1 is 1.29 bits per heavy atom. The molecule has 1 aromatic rings. The van der Waals surface area contributed by atoms with Crippen LogP contribution in [0, 0.1) is 17.0 Å². The molecule has 7 nitrogen and oxygen atoms in total. The summed E-state index contributed by atoms with van der Waals surface area (Å²) in [5.74, 6) is -0.425. The molecule has 0 aliphatic rings. The maximum Gasteiger partial charge on any atom is 0.272 e. The maximum atomic E-state index is 11.9. The summed E-state index contributed by atoms with van der Waals surface area (Å²) in [6, 6.07) is 4.15. The van der Waals surface area contributed by atoms with Crippen LogP contribution in [0.2, 0.25) is 0 Å². The third-order valence-electron chi connectivity index (χ3n) is 2.43. The summed E-state index contributed by atoms with van der Waals surface area (Å²) >= 11 is 5.03. The van der Waals surface area contributed by atoms with Crippen LogP contribution in [0.1, 0.15) is 36.7 Å². The number of thiocarbonyl (C=S) groups is 1. The Balaban J connectivity index is 2.67. The van der Waals surface area contributed by atoms with Crippen LogP contribution in [0.3, 0.4) is 0 Å². The molecule has 0 radical (unpaired) electrons. The second kappa shape index (κ2) is 6.49. The van der Waals surface area contributed by atoms with Crippen LogP contribution in [-0.2, 0) is 0 Å². The molecule has 8 heteroatoms. The van der Waals surface area contributed by atoms with Crippen molar-refractivity contribution in [1.82, 2.24) is 16.2 Å². The Kier molecular flexibility index (Phi) is 5.20. The van der Waals surface area contributed by atoms with Gasteiger partial charge in [0.2, 0.25) is 0 Å². The predicted molar refractivity (Wildman–Crippen MR) is 83.9 cm³/mol. The lowest BCUT2D eigenvalue weighted by Crippen LogP contribution is -2.52. The SMILES string of the molecule is Cc1cc(C(=O)NNC(=S)NC(C)(C)C)ccc1[N+](=O)[O-]. The van der Waals surface area contributed by atoms with Gasteiger partial charge in [-0.05, 0) is 52.0 Å². The second-order valence-electron chi connectivity index (χ2n) is 5.54. The van der Waals surface area contributed by atoms with Gasteiger partial charge in [-0.25, -0.2) is 0 Å². The zero-order chi connectivity index (χ0) is 16.2. The highest BCUT2D eigenvalue weighted by Crippen LogP contribution is 2.18. The molecule has 1 rings (SSSR count). The van der Waals surface area contributed by atoms with E-state index in [9.17, 15) is 14.9 Å². The summed E-state index contributed by atoms with van der Waals surface area (Å²) in [7, 11) is 0. The Morgan fingerprint density at radius 2 is 1.90 bits per heavy atom. The second-order valence-corrected chi connectivity index (χ2v) is 5.95. The Bertz CT molecular complexity index is 581. The van der Waals surface area contributed by atoms with Crippen LogP contribution in [0.25, 0.3) is 0 Å². The highest BCUT2D eigenvalue weighted by atomic mass is 32.1. The van der Waals surface area contributed by atoms with E-state index in [1.807, 2.05) is 20.8 Å². The molecule has 0 unspecified atom stereocenters. The van der Waals surface area contributed by atoms with Gasteiger partial charge in [0.1, 0.15) is 0 Å². The molecule has 0 spiro atoms. The lowest BCUT2D eigenvalue weighted by Gasteiger charge is -2.23. The smallest absolute Gasteiger partial charge is 0.272 e. The van der Waals surface area contributed by atoms with Gasteiger partial charge in [0, 0.05) is 22.7 Å². The van der Waals surface area contributed by atoms with Gasteiger partial charge in [-0.2, -0.15) is 0 Å². The van der Waals surface area contributed by atoms with Crippen molar-refractivity contribution in [3.63, 3.8) is 0 Å². The van der Waals surface area contributed by atoms with E-state index in [0.29, 0.717) is 11.1 Å². The minimum absolute atomic E-state index is 0.0237. The third-order valence-corrected chi connectivity index (χ3v) is 2.64. The Labute approximate surface area is 128 Å². The number of benzene rings is 1. The molecule has 0 aromatic heterocycles. The lowest BCUT2D eigenvalue weighted by molar-refractivity contribution is -0.385. The van der Waals surface area contributed by atoms with Crippen molar-refractivity contribution in [2.75, 3.05) is 0 Å². The van der Waals surface area contributed by atoms with Gasteiger partial charge in [-0.3, -0.25) is 25.8 Å². The fourth-order valence-electron chi connectivity index (χ4n) is 1.56. The summed E-state index contributed by atoms with van der Waals surface area (Å²) in [5, 5.41) is 14.0. The normalized spacial score (nSPS) is 10.7. The van der Waals surface area contributed by atoms with Crippen molar-refractivity contribution in [2.24, 2.45) is 0 Å². The van der Waals surface area contributed by atoms with E-state index in [0.717, 1.165) is 0 Å². The first kappa shape index (κ1) is 16.8. The van der Waals surface area contributed by atoms with Gasteiger partial charge < -0.3 is 5.32 Å². The molecule has 21 heavy (non-hydrogen) atoms. The van der Waals surface area contributed by atoms with E-state index in [2.05, 4.69) is 16.2 Å². The molecule has 0 fully saturated rings. The number of nitrogens with one attached hydrogen (secondary N) is 3. The number of carbonyl (C=O) groups excluding carboxylic acids is 1. The Morgan fingerprint density at radius 3 is 2.38 bits per heavy atom. The molecule has 114 valence electrons. The summed E-state index contributed by atoms with van der Waals surface area (Å²) in [4.78, 5) is 22.1. The highest BCUT2D eigenvalue weighted by molar-refractivity contribution is 7.80. The zero-order valence-corrected chi connectivity index (χ0v) is 13.1. The first-order valence-electron chi connectivity index (χ1n) is 6.24. The van der Waals surface area contributed by atoms with Crippen molar-refractivity contribution >= 4 is 28.9 Å². The van der Waals surface area contributed by atoms with E-state index in [1.165, 1.54) is 18.2 Å². The van der Waals surface area contributed by atoms with Crippen LogP contribution in [0.15, 0.2) is 18.2 Å². The number of amides is 1. The van der Waals surface area contributed by atoms with Crippen LogP contribution >= 0.6 is 12.2 Å². The largest absolute Gasteiger partial charge is 0.357 e. The summed E-state index contributed by atoms with van der Waals surface area (Å²) in [5.41, 5.74) is 5.50. The van der Waals surface area contributed by atoms with Gasteiger partial charge >= 0.3 is 0 Å². The van der Waals surface area contributed by atoms with Gasteiger partial charge in [0.25, 0.3) is 11.6 Å². The quantitative estimate of drug-likeness (QED) is 0.438. The van der Waals surface area contributed by atoms with Gasteiger partial charge in [0.05, 0.1) is 4.92 Å². The number of nitrogens with zero attached hydrogens (tertiary/aromatic N) is 1. The highest BCUT2D eigenvalue weighted by Gasteiger charge is 2.15. The van der Waals surface area contributed by atoms with E-state index < -0.39 is 10.8 Å². The van der Waals surface area contributed by atoms with Crippen LogP contribution in [-0.4, -0.2) is 21.5 Å². The average molecular weight is 310 g/mol. The zero-order valence-electron chi connectivity index (χ0n) is 12.3. The molecule has 0 bridgehead atoms. The number of aryl methyl sites for hydroxylation is 1. The van der Waals surface area contributed by atoms with Gasteiger partial charge in [0.15, 0.2) is 5.11 Å². The number of carbonyl (C=O) groups is 1. The summed E-state index contributed by atoms with van der Waals surface area (Å²) < 4.78 is 0. The molecule has 0 aliphatic carbocycles. The Hall–Kier alpha value is -2.22. The molecule has 1 amide bonds. The van der Waals surface area contributed by atoms with E-state index in [1.54, 1.807) is 6.92 Å². The number of nitro benzene ring substituents is 1. The molecule has 1 aromatic carbocycles. The van der Waals surface area contributed by atoms with Crippen molar-refractivity contribution in [3.8, 4) is 0 Å². The van der Waals surface area contributed by atoms with Crippen LogP contribution in [0.5, 0.6) is 0 Å². The van der Waals surface area contributed by atoms with E-state index in [4.69, 9.17) is 12.2 Å². The van der Waals surface area contributed by atoms with E-state index in [-0.39, 0.29) is 16.3 Å². The van der Waals surface area contributed by atoms with Gasteiger partial charge in [-0.1, -0.05) is 0 Å². The minimum Gasteiger partial charge on any atom is -0.357 e. The number of rotatable bonds is 2. The maximum absolute atomic E-state index is 11.9. The molecular formula is C13H18N4O3S. The predicted octanol–water partition coefficient (Wildman–Crippen LogP) is 1.81. The summed E-state index contributed by atoms with van der Waals surface area (Å²) in [6.45, 7) is 7.38. The van der Waals surface area contributed by atoms with E-state index >= 15 is 0 Å². The van der Waals surface area contributed by atoms with Crippen molar-refractivity contribution in [3.05, 3.63) is 39.4 Å². The minimum atomic E-state index is -0.488. The third kappa shape index (κ3) is 5.35. The number of hydrazine groups is 1. The molecule has 0 saturated heterocycles. The molecular weight excluding hydrogens is 292 g/mol. The summed E-state index contributed by atoms with van der Waals surface area (Å²) in [6.07, 6.45) is 0. The van der Waals surface area contributed by atoms with Crippen molar-refractivity contribution < 1.29 is 9.72 Å². The molecule has 0 saturated carbocycles. The molecule has 3 N–H and O–H groups in total. The fraction of sp³-hybridized carbons (Fsp3) is 0.385. The molecule has 0 aliphatic heterocycles. The first-order chi connectivity index (χ1) is 9.60. The monoisotopic (exact) mass is 310 g/mol. The standard InChI is InChI=1S/C13H18N4O3S/c1-8-7-9(5-6-10(8)17(19)20)11(18)15-16-12(21)14-13(2,3)4/h5-7H,1-4H3,(H,15,18)(H2,14,16,21). The first-order valence-corrected chi connectivity index (χ1v) is 6.64. The average Bonchev–Trinajstić information content (AvgIpc) is 2.33. The lowest BCUT2D eigenvalue weighted by atomic mass is 10.1. The number of hydrogen-bond acceptors (Lipinski definition) is 4. The van der Waals surface area contributed by atoms with Crippen molar-refractivity contribution in [2.45, 2.75) is 33.2 Å².